The van der Waals surface area contributed by atoms with Crippen LogP contribution in [0.2, 0.25) is 0 Å². The summed E-state index contributed by atoms with van der Waals surface area (Å²) in [6.07, 6.45) is 0.382. The third-order valence-electron chi connectivity index (χ3n) is 3.62. The number of aliphatic hydroxyl groups is 1. The van der Waals surface area contributed by atoms with E-state index in [0.717, 1.165) is 22.6 Å². The highest BCUT2D eigenvalue weighted by Crippen LogP contribution is 2.43. The molecule has 0 heterocycles. The summed E-state index contributed by atoms with van der Waals surface area (Å²) >= 11 is 1.62. The van der Waals surface area contributed by atoms with Crippen LogP contribution in [0, 0.1) is 0 Å². The SMILES string of the molecule is CC(=O)Nc1ccccc1SC1Cc2ccccc2C1O. The van der Waals surface area contributed by atoms with Crippen LogP contribution in [0.15, 0.2) is 53.4 Å². The van der Waals surface area contributed by atoms with Gasteiger partial charge in [0.15, 0.2) is 0 Å². The van der Waals surface area contributed by atoms with E-state index in [1.54, 1.807) is 11.8 Å². The molecule has 3 nitrogen and oxygen atoms in total. The molecule has 0 spiro atoms. The summed E-state index contributed by atoms with van der Waals surface area (Å²) in [5, 5.41) is 13.4. The molecule has 2 atom stereocenters. The highest BCUT2D eigenvalue weighted by molar-refractivity contribution is 8.00. The van der Waals surface area contributed by atoms with Crippen LogP contribution in [0.25, 0.3) is 0 Å². The third kappa shape index (κ3) is 2.96. The lowest BCUT2D eigenvalue weighted by Crippen LogP contribution is -2.11. The topological polar surface area (TPSA) is 49.3 Å². The Kier molecular flexibility index (Phi) is 3.99. The molecule has 2 aromatic carbocycles. The zero-order chi connectivity index (χ0) is 14.8. The quantitative estimate of drug-likeness (QED) is 0.913. The van der Waals surface area contributed by atoms with E-state index in [0.29, 0.717) is 0 Å². The van der Waals surface area contributed by atoms with Crippen molar-refractivity contribution in [2.24, 2.45) is 0 Å². The van der Waals surface area contributed by atoms with Crippen LogP contribution in [0.3, 0.4) is 0 Å². The fourth-order valence-electron chi connectivity index (χ4n) is 2.67. The van der Waals surface area contributed by atoms with E-state index in [1.807, 2.05) is 42.5 Å². The number of para-hydroxylation sites is 1. The van der Waals surface area contributed by atoms with Gasteiger partial charge in [-0.05, 0) is 29.7 Å². The zero-order valence-corrected chi connectivity index (χ0v) is 12.6. The van der Waals surface area contributed by atoms with Gasteiger partial charge in [-0.1, -0.05) is 36.4 Å². The summed E-state index contributed by atoms with van der Waals surface area (Å²) in [4.78, 5) is 12.3. The minimum Gasteiger partial charge on any atom is -0.387 e. The Hall–Kier alpha value is -1.78. The number of hydrogen-bond donors (Lipinski definition) is 2. The van der Waals surface area contributed by atoms with Crippen LogP contribution in [0.1, 0.15) is 24.2 Å². The lowest BCUT2D eigenvalue weighted by molar-refractivity contribution is -0.114. The molecule has 0 radical (unpaired) electrons. The molecule has 2 aromatic rings. The molecule has 108 valence electrons. The predicted octanol–water partition coefficient (Wildman–Crippen LogP) is 3.40. The minimum atomic E-state index is -0.461. The minimum absolute atomic E-state index is 0.0808. The highest BCUT2D eigenvalue weighted by atomic mass is 32.2. The van der Waals surface area contributed by atoms with Crippen LogP contribution in [-0.2, 0) is 11.2 Å². The fourth-order valence-corrected chi connectivity index (χ4v) is 3.94. The second-order valence-corrected chi connectivity index (χ2v) is 6.46. The molecule has 2 unspecified atom stereocenters. The lowest BCUT2D eigenvalue weighted by atomic mass is 10.1. The van der Waals surface area contributed by atoms with Gasteiger partial charge in [0.25, 0.3) is 0 Å². The standard InChI is InChI=1S/C17H17NO2S/c1-11(19)18-14-8-4-5-9-15(14)21-16-10-12-6-2-3-7-13(12)17(16)20/h2-9,16-17,20H,10H2,1H3,(H,18,19). The van der Waals surface area contributed by atoms with Crippen LogP contribution in [0.4, 0.5) is 5.69 Å². The number of carbonyl (C=O) groups is 1. The average molecular weight is 299 g/mol. The van der Waals surface area contributed by atoms with Crippen molar-refractivity contribution in [2.75, 3.05) is 5.32 Å². The number of hydrogen-bond acceptors (Lipinski definition) is 3. The second-order valence-electron chi connectivity index (χ2n) is 5.18. The molecule has 4 heteroatoms. The Balaban J connectivity index is 1.81. The summed E-state index contributed by atoms with van der Waals surface area (Å²) in [6.45, 7) is 1.50. The molecule has 0 bridgehead atoms. The maximum Gasteiger partial charge on any atom is 0.221 e. The van der Waals surface area contributed by atoms with Gasteiger partial charge < -0.3 is 10.4 Å². The van der Waals surface area contributed by atoms with Crippen molar-refractivity contribution in [3.63, 3.8) is 0 Å². The first-order chi connectivity index (χ1) is 10.1. The molecule has 0 aliphatic heterocycles. The largest absolute Gasteiger partial charge is 0.387 e. The first-order valence-electron chi connectivity index (χ1n) is 6.94. The molecule has 1 aliphatic rings. The molecule has 1 aliphatic carbocycles. The van der Waals surface area contributed by atoms with Crippen molar-refractivity contribution in [3.05, 3.63) is 59.7 Å². The smallest absolute Gasteiger partial charge is 0.221 e. The van der Waals surface area contributed by atoms with E-state index in [-0.39, 0.29) is 11.2 Å². The molecule has 1 amide bonds. The summed E-state index contributed by atoms with van der Waals surface area (Å²) < 4.78 is 0. The van der Waals surface area contributed by atoms with Gasteiger partial charge >= 0.3 is 0 Å². The van der Waals surface area contributed by atoms with Crippen molar-refractivity contribution >= 4 is 23.4 Å². The summed E-state index contributed by atoms with van der Waals surface area (Å²) in [5.41, 5.74) is 3.03. The monoisotopic (exact) mass is 299 g/mol. The summed E-state index contributed by atoms with van der Waals surface area (Å²) in [7, 11) is 0. The Morgan fingerprint density at radius 1 is 1.19 bits per heavy atom. The summed E-state index contributed by atoms with van der Waals surface area (Å²) in [5.74, 6) is -0.0849. The van der Waals surface area contributed by atoms with Gasteiger partial charge in [0.1, 0.15) is 0 Å². The Morgan fingerprint density at radius 3 is 2.67 bits per heavy atom. The number of rotatable bonds is 3. The zero-order valence-electron chi connectivity index (χ0n) is 11.7. The van der Waals surface area contributed by atoms with E-state index in [4.69, 9.17) is 0 Å². The molecular formula is C17H17NO2S. The van der Waals surface area contributed by atoms with Gasteiger partial charge in [-0.2, -0.15) is 0 Å². The number of aliphatic hydroxyl groups excluding tert-OH is 1. The first kappa shape index (κ1) is 14.2. The molecule has 0 aromatic heterocycles. The van der Waals surface area contributed by atoms with Gasteiger partial charge in [0.05, 0.1) is 11.8 Å². The molecule has 0 saturated carbocycles. The number of benzene rings is 2. The van der Waals surface area contributed by atoms with Crippen LogP contribution < -0.4 is 5.32 Å². The molecule has 0 saturated heterocycles. The number of amides is 1. The average Bonchev–Trinajstić information content (AvgIpc) is 2.78. The van der Waals surface area contributed by atoms with Gasteiger partial charge in [-0.3, -0.25) is 4.79 Å². The fraction of sp³-hybridized carbons (Fsp3) is 0.235. The Morgan fingerprint density at radius 2 is 1.90 bits per heavy atom. The van der Waals surface area contributed by atoms with Crippen LogP contribution >= 0.6 is 11.8 Å². The van der Waals surface area contributed by atoms with E-state index < -0.39 is 6.10 Å². The number of fused-ring (bicyclic) bond motifs is 1. The second kappa shape index (κ2) is 5.92. The molecule has 21 heavy (non-hydrogen) atoms. The number of nitrogens with one attached hydrogen (secondary N) is 1. The van der Waals surface area contributed by atoms with Crippen LogP contribution in [-0.4, -0.2) is 16.3 Å². The molecular weight excluding hydrogens is 282 g/mol. The van der Waals surface area contributed by atoms with Crippen molar-refractivity contribution in [3.8, 4) is 0 Å². The molecule has 0 fully saturated rings. The highest BCUT2D eigenvalue weighted by Gasteiger charge is 2.31. The Bertz CT molecular complexity index is 671. The van der Waals surface area contributed by atoms with E-state index in [9.17, 15) is 9.90 Å². The number of thioether (sulfide) groups is 1. The van der Waals surface area contributed by atoms with Crippen molar-refractivity contribution < 1.29 is 9.90 Å². The number of carbonyl (C=O) groups excluding carboxylic acids is 1. The molecule has 2 N–H and O–H groups in total. The lowest BCUT2D eigenvalue weighted by Gasteiger charge is -2.17. The van der Waals surface area contributed by atoms with Crippen molar-refractivity contribution in [1.29, 1.82) is 0 Å². The third-order valence-corrected chi connectivity index (χ3v) is 4.96. The van der Waals surface area contributed by atoms with Gasteiger partial charge in [-0.15, -0.1) is 11.8 Å². The van der Waals surface area contributed by atoms with Gasteiger partial charge in [-0.25, -0.2) is 0 Å². The summed E-state index contributed by atoms with van der Waals surface area (Å²) in [6, 6.07) is 15.7. The van der Waals surface area contributed by atoms with Gasteiger partial charge in [0, 0.05) is 17.1 Å². The van der Waals surface area contributed by atoms with Crippen molar-refractivity contribution in [1.82, 2.24) is 0 Å². The van der Waals surface area contributed by atoms with E-state index >= 15 is 0 Å². The van der Waals surface area contributed by atoms with Crippen LogP contribution in [0.5, 0.6) is 0 Å². The Labute approximate surface area is 128 Å². The van der Waals surface area contributed by atoms with Gasteiger partial charge in [0.2, 0.25) is 5.91 Å². The van der Waals surface area contributed by atoms with E-state index in [2.05, 4.69) is 11.4 Å². The van der Waals surface area contributed by atoms with E-state index in [1.165, 1.54) is 12.5 Å². The maximum absolute atomic E-state index is 11.3. The molecule has 3 rings (SSSR count). The normalized spacial score (nSPS) is 20.1. The first-order valence-corrected chi connectivity index (χ1v) is 7.82. The van der Waals surface area contributed by atoms with Crippen molar-refractivity contribution in [2.45, 2.75) is 29.6 Å². The maximum atomic E-state index is 11.3. The predicted molar refractivity (Wildman–Crippen MR) is 85.5 cm³/mol. The number of anilines is 1.